The van der Waals surface area contributed by atoms with Crippen LogP contribution in [0.3, 0.4) is 0 Å². The minimum Gasteiger partial charge on any atom is -0.309 e. The second kappa shape index (κ2) is 6.67. The highest BCUT2D eigenvalue weighted by atomic mass is 32.1. The van der Waals surface area contributed by atoms with Gasteiger partial charge in [0.05, 0.1) is 16.7 Å². The number of hydrogen-bond acceptors (Lipinski definition) is 3. The SMILES string of the molecule is CCCNC1CCCc2sc(C(CC)CC)nc21. The maximum Gasteiger partial charge on any atom is 0.0962 e. The van der Waals surface area contributed by atoms with Crippen LogP contribution in [0.15, 0.2) is 0 Å². The molecule has 1 aliphatic carbocycles. The minimum atomic E-state index is 0.521. The van der Waals surface area contributed by atoms with Crippen LogP contribution in [-0.2, 0) is 6.42 Å². The van der Waals surface area contributed by atoms with Crippen LogP contribution >= 0.6 is 11.3 Å². The van der Waals surface area contributed by atoms with Crippen LogP contribution in [0.25, 0.3) is 0 Å². The van der Waals surface area contributed by atoms with Crippen LogP contribution in [0.4, 0.5) is 0 Å². The molecule has 1 aromatic heterocycles. The van der Waals surface area contributed by atoms with Crippen molar-refractivity contribution in [1.29, 1.82) is 0 Å². The van der Waals surface area contributed by atoms with Gasteiger partial charge in [-0.2, -0.15) is 0 Å². The molecule has 18 heavy (non-hydrogen) atoms. The molecule has 0 saturated carbocycles. The maximum absolute atomic E-state index is 4.98. The van der Waals surface area contributed by atoms with Crippen LogP contribution in [0, 0.1) is 0 Å². The van der Waals surface area contributed by atoms with E-state index in [2.05, 4.69) is 26.1 Å². The summed E-state index contributed by atoms with van der Waals surface area (Å²) >= 11 is 1.98. The van der Waals surface area contributed by atoms with Gasteiger partial charge in [-0.1, -0.05) is 20.8 Å². The van der Waals surface area contributed by atoms with Crippen molar-refractivity contribution in [1.82, 2.24) is 10.3 Å². The number of fused-ring (bicyclic) bond motifs is 1. The highest BCUT2D eigenvalue weighted by Gasteiger charge is 2.25. The molecule has 1 atom stereocenters. The summed E-state index contributed by atoms with van der Waals surface area (Å²) in [7, 11) is 0. The third-order valence-corrected chi connectivity index (χ3v) is 5.24. The van der Waals surface area contributed by atoms with E-state index in [1.54, 1.807) is 4.88 Å². The predicted octanol–water partition coefficient (Wildman–Crippen LogP) is 4.42. The van der Waals surface area contributed by atoms with Gasteiger partial charge >= 0.3 is 0 Å². The zero-order valence-electron chi connectivity index (χ0n) is 12.0. The van der Waals surface area contributed by atoms with Crippen LogP contribution in [0.5, 0.6) is 0 Å². The molecule has 0 aliphatic heterocycles. The Kier molecular flexibility index (Phi) is 5.19. The minimum absolute atomic E-state index is 0.521. The van der Waals surface area contributed by atoms with E-state index < -0.39 is 0 Å². The lowest BCUT2D eigenvalue weighted by Crippen LogP contribution is -2.25. The van der Waals surface area contributed by atoms with E-state index in [-0.39, 0.29) is 0 Å². The van der Waals surface area contributed by atoms with Crippen LogP contribution in [0.1, 0.15) is 80.4 Å². The smallest absolute Gasteiger partial charge is 0.0962 e. The lowest BCUT2D eigenvalue weighted by atomic mass is 9.97. The van der Waals surface area contributed by atoms with Crippen molar-refractivity contribution in [3.8, 4) is 0 Å². The molecular formula is C15H26N2S. The Morgan fingerprint density at radius 1 is 1.33 bits per heavy atom. The largest absolute Gasteiger partial charge is 0.309 e. The first-order chi connectivity index (χ1) is 8.80. The summed E-state index contributed by atoms with van der Waals surface area (Å²) in [5.74, 6) is 0.674. The molecule has 2 rings (SSSR count). The van der Waals surface area contributed by atoms with Gasteiger partial charge in [-0.3, -0.25) is 0 Å². The Morgan fingerprint density at radius 3 is 2.78 bits per heavy atom. The first-order valence-electron chi connectivity index (χ1n) is 7.52. The van der Waals surface area contributed by atoms with Crippen molar-refractivity contribution in [2.24, 2.45) is 0 Å². The fourth-order valence-corrected chi connectivity index (χ4v) is 4.20. The third-order valence-electron chi connectivity index (χ3n) is 3.95. The highest BCUT2D eigenvalue weighted by Crippen LogP contribution is 2.37. The zero-order chi connectivity index (χ0) is 13.0. The standard InChI is InChI=1S/C15H26N2S/c1-4-10-16-12-8-7-9-13-14(12)17-15(18-13)11(5-2)6-3/h11-12,16H,4-10H2,1-3H3. The number of thiazole rings is 1. The molecule has 1 N–H and O–H groups in total. The highest BCUT2D eigenvalue weighted by molar-refractivity contribution is 7.11. The number of nitrogens with one attached hydrogen (secondary N) is 1. The van der Waals surface area contributed by atoms with Crippen molar-refractivity contribution in [2.75, 3.05) is 6.54 Å². The lowest BCUT2D eigenvalue weighted by molar-refractivity contribution is 0.452. The van der Waals surface area contributed by atoms with Gasteiger partial charge in [-0.05, 0) is 45.1 Å². The Morgan fingerprint density at radius 2 is 2.11 bits per heavy atom. The van der Waals surface area contributed by atoms with Crippen molar-refractivity contribution in [2.45, 2.75) is 71.3 Å². The van der Waals surface area contributed by atoms with E-state index in [0.29, 0.717) is 12.0 Å². The van der Waals surface area contributed by atoms with Crippen molar-refractivity contribution in [3.05, 3.63) is 15.6 Å². The van der Waals surface area contributed by atoms with Crippen LogP contribution in [0.2, 0.25) is 0 Å². The molecule has 0 bridgehead atoms. The molecule has 1 aliphatic rings. The van der Waals surface area contributed by atoms with Crippen LogP contribution in [-0.4, -0.2) is 11.5 Å². The fraction of sp³-hybridized carbons (Fsp3) is 0.800. The molecule has 0 aromatic carbocycles. The van der Waals surface area contributed by atoms with E-state index in [1.165, 1.54) is 49.2 Å². The average Bonchev–Trinajstić information content (AvgIpc) is 2.82. The van der Waals surface area contributed by atoms with Gasteiger partial charge in [0.2, 0.25) is 0 Å². The van der Waals surface area contributed by atoms with E-state index in [0.717, 1.165) is 6.54 Å². The molecule has 1 aromatic rings. The Bertz CT molecular complexity index is 369. The number of nitrogens with zero attached hydrogens (tertiary/aromatic N) is 1. The van der Waals surface area contributed by atoms with Crippen LogP contribution < -0.4 is 5.32 Å². The summed E-state index contributed by atoms with van der Waals surface area (Å²) < 4.78 is 0. The van der Waals surface area contributed by atoms with Gasteiger partial charge in [0, 0.05) is 10.8 Å². The van der Waals surface area contributed by atoms with Gasteiger partial charge in [0.1, 0.15) is 0 Å². The van der Waals surface area contributed by atoms with Crippen molar-refractivity contribution < 1.29 is 0 Å². The lowest BCUT2D eigenvalue weighted by Gasteiger charge is -2.22. The Hall–Kier alpha value is -0.410. The molecule has 3 heteroatoms. The molecule has 0 amide bonds. The quantitative estimate of drug-likeness (QED) is 0.824. The maximum atomic E-state index is 4.98. The summed E-state index contributed by atoms with van der Waals surface area (Å²) in [5, 5.41) is 5.04. The Labute approximate surface area is 115 Å². The molecule has 0 saturated heterocycles. The first kappa shape index (κ1) is 14.0. The predicted molar refractivity (Wildman–Crippen MR) is 79.4 cm³/mol. The number of aromatic nitrogens is 1. The summed E-state index contributed by atoms with van der Waals surface area (Å²) in [6.45, 7) is 7.90. The van der Waals surface area contributed by atoms with Gasteiger partial charge in [0.25, 0.3) is 0 Å². The van der Waals surface area contributed by atoms with E-state index >= 15 is 0 Å². The average molecular weight is 266 g/mol. The topological polar surface area (TPSA) is 24.9 Å². The van der Waals surface area contributed by atoms with Gasteiger partial charge in [-0.25, -0.2) is 4.98 Å². The van der Waals surface area contributed by atoms with E-state index in [1.807, 2.05) is 11.3 Å². The molecule has 1 heterocycles. The summed E-state index contributed by atoms with van der Waals surface area (Å²) in [5.41, 5.74) is 1.38. The van der Waals surface area contributed by atoms with E-state index in [4.69, 9.17) is 4.98 Å². The number of aryl methyl sites for hydroxylation is 1. The molecule has 2 nitrogen and oxygen atoms in total. The number of hydrogen-bond donors (Lipinski definition) is 1. The zero-order valence-corrected chi connectivity index (χ0v) is 12.8. The second-order valence-corrected chi connectivity index (χ2v) is 6.39. The normalized spacial score (nSPS) is 19.2. The van der Waals surface area contributed by atoms with Gasteiger partial charge < -0.3 is 5.32 Å². The first-order valence-corrected chi connectivity index (χ1v) is 8.34. The summed E-state index contributed by atoms with van der Waals surface area (Å²) in [4.78, 5) is 6.54. The second-order valence-electron chi connectivity index (χ2n) is 5.27. The molecular weight excluding hydrogens is 240 g/mol. The number of rotatable bonds is 6. The van der Waals surface area contributed by atoms with Crippen molar-refractivity contribution >= 4 is 11.3 Å². The van der Waals surface area contributed by atoms with Crippen molar-refractivity contribution in [3.63, 3.8) is 0 Å². The summed E-state index contributed by atoms with van der Waals surface area (Å²) in [6, 6.07) is 0.521. The fourth-order valence-electron chi connectivity index (χ4n) is 2.77. The molecule has 102 valence electrons. The molecule has 1 unspecified atom stereocenters. The summed E-state index contributed by atoms with van der Waals surface area (Å²) in [6.07, 6.45) is 7.47. The monoisotopic (exact) mass is 266 g/mol. The van der Waals surface area contributed by atoms with E-state index in [9.17, 15) is 0 Å². The molecule has 0 radical (unpaired) electrons. The third kappa shape index (κ3) is 2.94. The molecule has 0 spiro atoms. The van der Waals surface area contributed by atoms with Gasteiger partial charge in [-0.15, -0.1) is 11.3 Å². The Balaban J connectivity index is 2.17. The van der Waals surface area contributed by atoms with Gasteiger partial charge in [0.15, 0.2) is 0 Å². The molecule has 0 fully saturated rings.